The summed E-state index contributed by atoms with van der Waals surface area (Å²) >= 11 is 0. The Balaban J connectivity index is 1.47. The number of anilines is 1. The Hall–Kier alpha value is -3.01. The van der Waals surface area contributed by atoms with Crippen molar-refractivity contribution in [3.05, 3.63) is 66.4 Å². The Morgan fingerprint density at radius 1 is 1.03 bits per heavy atom. The van der Waals surface area contributed by atoms with Crippen LogP contribution in [0.4, 0.5) is 5.69 Å². The molecule has 0 unspecified atom stereocenters. The number of rotatable bonds is 6. The molecule has 0 spiro atoms. The van der Waals surface area contributed by atoms with E-state index in [1.807, 2.05) is 30.3 Å². The van der Waals surface area contributed by atoms with Crippen LogP contribution in [0.5, 0.6) is 0 Å². The molecule has 2 aromatic carbocycles. The van der Waals surface area contributed by atoms with Gasteiger partial charge in [-0.3, -0.25) is 4.79 Å². The van der Waals surface area contributed by atoms with Crippen LogP contribution in [0, 0.1) is 0 Å². The molecule has 0 saturated carbocycles. The maximum Gasteiger partial charge on any atom is 0.277 e. The predicted molar refractivity (Wildman–Crippen MR) is 117 cm³/mol. The average Bonchev–Trinajstić information content (AvgIpc) is 3.30. The molecule has 1 amide bonds. The van der Waals surface area contributed by atoms with E-state index in [4.69, 9.17) is 4.52 Å². The normalized spacial score (nSPS) is 15.6. The van der Waals surface area contributed by atoms with Gasteiger partial charge in [0.05, 0.1) is 4.90 Å². The molecule has 4 rings (SSSR count). The van der Waals surface area contributed by atoms with E-state index in [1.165, 1.54) is 10.4 Å². The van der Waals surface area contributed by atoms with Crippen LogP contribution < -0.4 is 5.32 Å². The van der Waals surface area contributed by atoms with Crippen molar-refractivity contribution in [2.24, 2.45) is 0 Å². The molecule has 0 atom stereocenters. The number of hydrogen-bond acceptors (Lipinski definition) is 6. The van der Waals surface area contributed by atoms with E-state index in [2.05, 4.69) is 22.3 Å². The van der Waals surface area contributed by atoms with E-state index in [-0.39, 0.29) is 10.6 Å². The fourth-order valence-corrected chi connectivity index (χ4v) is 4.95. The highest BCUT2D eigenvalue weighted by molar-refractivity contribution is 7.89. The Labute approximate surface area is 181 Å². The SMILES string of the molecule is CCN1CCN(S(=O)(=O)c2cccc(NC(=O)c3cc(-c4ccccc4)on3)c2)CC1. The van der Waals surface area contributed by atoms with Gasteiger partial charge in [-0.25, -0.2) is 8.42 Å². The number of sulfonamides is 1. The molecule has 0 radical (unpaired) electrons. The molecule has 162 valence electrons. The Morgan fingerprint density at radius 2 is 1.77 bits per heavy atom. The zero-order chi connectivity index (χ0) is 21.8. The second kappa shape index (κ2) is 9.01. The highest BCUT2D eigenvalue weighted by Gasteiger charge is 2.28. The second-order valence-electron chi connectivity index (χ2n) is 7.26. The molecule has 1 saturated heterocycles. The van der Waals surface area contributed by atoms with E-state index >= 15 is 0 Å². The lowest BCUT2D eigenvalue weighted by Gasteiger charge is -2.33. The summed E-state index contributed by atoms with van der Waals surface area (Å²) in [7, 11) is -3.63. The predicted octanol–water partition coefficient (Wildman–Crippen LogP) is 2.92. The van der Waals surface area contributed by atoms with Gasteiger partial charge in [0, 0.05) is 43.5 Å². The first-order valence-corrected chi connectivity index (χ1v) is 11.6. The van der Waals surface area contributed by atoms with Gasteiger partial charge in [-0.15, -0.1) is 0 Å². The highest BCUT2D eigenvalue weighted by atomic mass is 32.2. The van der Waals surface area contributed by atoms with Crippen molar-refractivity contribution < 1.29 is 17.7 Å². The smallest absolute Gasteiger partial charge is 0.277 e. The molecule has 2 heterocycles. The Morgan fingerprint density at radius 3 is 2.48 bits per heavy atom. The van der Waals surface area contributed by atoms with Gasteiger partial charge < -0.3 is 14.7 Å². The number of carbonyl (C=O) groups is 1. The van der Waals surface area contributed by atoms with E-state index in [0.717, 1.165) is 12.1 Å². The van der Waals surface area contributed by atoms with Crippen LogP contribution >= 0.6 is 0 Å². The first-order chi connectivity index (χ1) is 15.0. The van der Waals surface area contributed by atoms with Gasteiger partial charge in [-0.1, -0.05) is 48.5 Å². The summed E-state index contributed by atoms with van der Waals surface area (Å²) < 4.78 is 32.8. The third kappa shape index (κ3) is 4.68. The molecular formula is C22H24N4O4S. The Kier molecular flexibility index (Phi) is 6.17. The summed E-state index contributed by atoms with van der Waals surface area (Å²) in [5, 5.41) is 6.53. The minimum atomic E-state index is -3.63. The van der Waals surface area contributed by atoms with Crippen LogP contribution in [-0.4, -0.2) is 61.4 Å². The van der Waals surface area contributed by atoms with Crippen molar-refractivity contribution in [3.63, 3.8) is 0 Å². The first-order valence-electron chi connectivity index (χ1n) is 10.1. The standard InChI is InChI=1S/C22H24N4O4S/c1-2-25-11-13-26(14-12-25)31(28,29)19-10-6-9-18(15-19)23-22(27)20-16-21(30-24-20)17-7-4-3-5-8-17/h3-10,15-16H,2,11-14H2,1H3,(H,23,27). The van der Waals surface area contributed by atoms with Gasteiger partial charge in [0.2, 0.25) is 10.0 Å². The molecule has 1 aromatic heterocycles. The highest BCUT2D eigenvalue weighted by Crippen LogP contribution is 2.23. The lowest BCUT2D eigenvalue weighted by atomic mass is 10.1. The minimum absolute atomic E-state index is 0.114. The molecular weight excluding hydrogens is 416 g/mol. The summed E-state index contributed by atoms with van der Waals surface area (Å²) in [4.78, 5) is 15.0. The van der Waals surface area contributed by atoms with Gasteiger partial charge in [-0.2, -0.15) is 4.31 Å². The van der Waals surface area contributed by atoms with Crippen LogP contribution in [0.3, 0.4) is 0 Å². The number of likely N-dealkylation sites (N-methyl/N-ethyl adjacent to an activating group) is 1. The van der Waals surface area contributed by atoms with Crippen molar-refractivity contribution in [3.8, 4) is 11.3 Å². The molecule has 1 fully saturated rings. The zero-order valence-electron chi connectivity index (χ0n) is 17.2. The quantitative estimate of drug-likeness (QED) is 0.633. The molecule has 1 aliphatic heterocycles. The van der Waals surface area contributed by atoms with Gasteiger partial charge >= 0.3 is 0 Å². The molecule has 9 heteroatoms. The van der Waals surface area contributed by atoms with E-state index in [0.29, 0.717) is 37.6 Å². The number of nitrogens with zero attached hydrogens (tertiary/aromatic N) is 3. The maximum atomic E-state index is 13.0. The summed E-state index contributed by atoms with van der Waals surface area (Å²) in [5.41, 5.74) is 1.30. The third-order valence-electron chi connectivity index (χ3n) is 5.31. The molecule has 1 N–H and O–H groups in total. The molecule has 8 nitrogen and oxygen atoms in total. The van der Waals surface area contributed by atoms with Crippen LogP contribution in [0.25, 0.3) is 11.3 Å². The lowest BCUT2D eigenvalue weighted by Crippen LogP contribution is -2.48. The van der Waals surface area contributed by atoms with Crippen molar-refractivity contribution >= 4 is 21.6 Å². The average molecular weight is 441 g/mol. The monoisotopic (exact) mass is 440 g/mol. The maximum absolute atomic E-state index is 13.0. The number of piperazine rings is 1. The van der Waals surface area contributed by atoms with E-state index < -0.39 is 15.9 Å². The van der Waals surface area contributed by atoms with Crippen molar-refractivity contribution in [2.45, 2.75) is 11.8 Å². The second-order valence-corrected chi connectivity index (χ2v) is 9.20. The number of carbonyl (C=O) groups excluding carboxylic acids is 1. The number of aromatic nitrogens is 1. The largest absolute Gasteiger partial charge is 0.355 e. The summed E-state index contributed by atoms with van der Waals surface area (Å²) in [6.45, 7) is 5.30. The van der Waals surface area contributed by atoms with Crippen LogP contribution in [0.1, 0.15) is 17.4 Å². The number of nitrogens with one attached hydrogen (secondary N) is 1. The van der Waals surface area contributed by atoms with Crippen molar-refractivity contribution in [2.75, 3.05) is 38.0 Å². The van der Waals surface area contributed by atoms with Crippen molar-refractivity contribution in [1.29, 1.82) is 0 Å². The van der Waals surface area contributed by atoms with Gasteiger partial charge in [0.15, 0.2) is 11.5 Å². The number of hydrogen-bond donors (Lipinski definition) is 1. The van der Waals surface area contributed by atoms with Crippen LogP contribution in [0.15, 0.2) is 70.1 Å². The molecule has 0 bridgehead atoms. The van der Waals surface area contributed by atoms with E-state index in [1.54, 1.807) is 24.3 Å². The Bertz CT molecular complexity index is 1150. The summed E-state index contributed by atoms with van der Waals surface area (Å²) in [6, 6.07) is 17.2. The zero-order valence-corrected chi connectivity index (χ0v) is 18.0. The number of benzene rings is 2. The topological polar surface area (TPSA) is 95.8 Å². The van der Waals surface area contributed by atoms with Crippen LogP contribution in [0.2, 0.25) is 0 Å². The fraction of sp³-hybridized carbons (Fsp3) is 0.273. The molecule has 0 aliphatic carbocycles. The van der Waals surface area contributed by atoms with E-state index in [9.17, 15) is 13.2 Å². The number of amides is 1. The molecule has 3 aromatic rings. The fourth-order valence-electron chi connectivity index (χ4n) is 3.49. The van der Waals surface area contributed by atoms with Gasteiger partial charge in [-0.05, 0) is 24.7 Å². The lowest BCUT2D eigenvalue weighted by molar-refractivity contribution is 0.101. The molecule has 31 heavy (non-hydrogen) atoms. The van der Waals surface area contributed by atoms with Crippen molar-refractivity contribution in [1.82, 2.24) is 14.4 Å². The first kappa shape index (κ1) is 21.2. The van der Waals surface area contributed by atoms with Gasteiger partial charge in [0.25, 0.3) is 5.91 Å². The van der Waals surface area contributed by atoms with Crippen LogP contribution in [-0.2, 0) is 10.0 Å². The minimum Gasteiger partial charge on any atom is -0.355 e. The van der Waals surface area contributed by atoms with Gasteiger partial charge in [0.1, 0.15) is 0 Å². The third-order valence-corrected chi connectivity index (χ3v) is 7.20. The summed E-state index contributed by atoms with van der Waals surface area (Å²) in [5.74, 6) is 0.00494. The molecule has 1 aliphatic rings. The summed E-state index contributed by atoms with van der Waals surface area (Å²) in [6.07, 6.45) is 0.